The summed E-state index contributed by atoms with van der Waals surface area (Å²) in [4.78, 5) is 5.83. The van der Waals surface area contributed by atoms with Gasteiger partial charge in [0.1, 0.15) is 0 Å². The standard InChI is InChI=1S/C25H36N2OS.C12H17N.Ir/c1-14-9-10-17-16-7-6-8-18(23(16)28-24(17)27-14)22-21-15(2)20(13-25(3,4)5)29-19(21)11-12-26-22;1-10-7-8-12(13-9-10)11-5-3-2-4-6-11;/h8,11,15-17,20-22,24H,6-7,9-10,12-13H2,1-5H3;8,10H,2-5,7,9H2,1H3;/q2*-2;/t15?,16-,17?,20+,21-,22?,24?;10-;/m00./s1/i1D3,13D2;;. The van der Waals surface area contributed by atoms with Crippen LogP contribution in [0.5, 0.6) is 0 Å². The van der Waals surface area contributed by atoms with E-state index in [4.69, 9.17) is 16.9 Å². The molecule has 8 atom stereocenters. The minimum absolute atomic E-state index is 0. The van der Waals surface area contributed by atoms with Crippen molar-refractivity contribution < 1.29 is 31.7 Å². The third-order valence-electron chi connectivity index (χ3n) is 9.84. The van der Waals surface area contributed by atoms with E-state index in [2.05, 4.69) is 48.8 Å². The van der Waals surface area contributed by atoms with Crippen molar-refractivity contribution in [2.24, 2.45) is 40.0 Å². The molecule has 7 aliphatic rings. The van der Waals surface area contributed by atoms with Gasteiger partial charge in [-0.1, -0.05) is 78.7 Å². The summed E-state index contributed by atoms with van der Waals surface area (Å²) in [7, 11) is 0. The van der Waals surface area contributed by atoms with E-state index in [0.29, 0.717) is 18.7 Å². The summed E-state index contributed by atoms with van der Waals surface area (Å²) in [6, 6.07) is -0.0349. The molecule has 1 radical (unpaired) electrons. The Morgan fingerprint density at radius 3 is 2.79 bits per heavy atom. The van der Waals surface area contributed by atoms with Gasteiger partial charge in [0.15, 0.2) is 6.23 Å². The Morgan fingerprint density at radius 2 is 2.07 bits per heavy atom. The molecule has 241 valence electrons. The summed E-state index contributed by atoms with van der Waals surface area (Å²) in [5.74, 6) is 2.54. The molecule has 4 unspecified atom stereocenters. The zero-order chi connectivity index (χ0) is 33.7. The van der Waals surface area contributed by atoms with Crippen LogP contribution in [0.4, 0.5) is 0 Å². The van der Waals surface area contributed by atoms with Crippen LogP contribution in [0.2, 0.25) is 0 Å². The van der Waals surface area contributed by atoms with Gasteiger partial charge >= 0.3 is 0 Å². The molecule has 2 aliphatic carbocycles. The third kappa shape index (κ3) is 7.55. The molecule has 0 aromatic rings. The summed E-state index contributed by atoms with van der Waals surface area (Å²) in [5.41, 5.74) is 3.62. The van der Waals surface area contributed by atoms with Crippen LogP contribution < -0.4 is 0 Å². The summed E-state index contributed by atoms with van der Waals surface area (Å²) in [6.45, 7) is 9.92. The van der Waals surface area contributed by atoms with E-state index in [1.54, 1.807) is 11.8 Å². The van der Waals surface area contributed by atoms with Crippen molar-refractivity contribution in [3.8, 4) is 0 Å². The van der Waals surface area contributed by atoms with E-state index in [1.165, 1.54) is 41.9 Å². The number of aliphatic imine (C=N–C) groups is 1. The van der Waals surface area contributed by atoms with Crippen molar-refractivity contribution in [2.75, 3.05) is 13.1 Å². The molecule has 7 rings (SSSR count). The van der Waals surface area contributed by atoms with Gasteiger partial charge in [-0.15, -0.1) is 43.7 Å². The number of hydrogen-bond acceptors (Lipinski definition) is 3. The van der Waals surface area contributed by atoms with Crippen molar-refractivity contribution in [2.45, 2.75) is 123 Å². The Bertz CT molecular complexity index is 1350. The smallest absolute Gasteiger partial charge is 0.171 e. The third-order valence-corrected chi connectivity index (χ3v) is 11.4. The van der Waals surface area contributed by atoms with E-state index in [-0.39, 0.29) is 55.1 Å². The largest absolute Gasteiger partial charge is 0.769 e. The SMILES string of the molecule is C[C@H]1CC=C(C2=[C-]CCCC2)[N-]C1.[2H]C([2H])([2H])C1=NC2OC3=C(C4[N-]CC=C5S[C@H](C([2H])([2H])C(C)(C)C)C(C)[C@@H]54)[CH-]CC[C@H]3C2CC1.[Ir]. The van der Waals surface area contributed by atoms with E-state index >= 15 is 0 Å². The molecule has 0 saturated carbocycles. The monoisotopic (exact) mass is 785 g/mol. The van der Waals surface area contributed by atoms with Crippen LogP contribution in [0.15, 0.2) is 44.7 Å². The van der Waals surface area contributed by atoms with Gasteiger partial charge in [0.2, 0.25) is 0 Å². The van der Waals surface area contributed by atoms with E-state index in [9.17, 15) is 0 Å². The molecular weight excluding hydrogens is 727 g/mol. The molecule has 4 nitrogen and oxygen atoms in total. The maximum absolute atomic E-state index is 8.95. The maximum atomic E-state index is 8.95. The number of allylic oxidation sites excluding steroid dienone is 4. The molecular formula is C37H53IrN3OS-4. The molecule has 2 saturated heterocycles. The van der Waals surface area contributed by atoms with Crippen LogP contribution >= 0.6 is 11.8 Å². The normalized spacial score (nSPS) is 39.1. The minimum Gasteiger partial charge on any atom is -0.769 e. The van der Waals surface area contributed by atoms with Crippen LogP contribution in [-0.2, 0) is 24.8 Å². The van der Waals surface area contributed by atoms with Gasteiger partial charge < -0.3 is 21.1 Å². The first-order valence-corrected chi connectivity index (χ1v) is 17.4. The fraction of sp³-hybridized carbons (Fsp3) is 0.730. The quantitative estimate of drug-likeness (QED) is 0.268. The molecule has 6 heteroatoms. The first-order chi connectivity index (χ1) is 22.2. The van der Waals surface area contributed by atoms with Crippen LogP contribution in [0.3, 0.4) is 0 Å². The van der Waals surface area contributed by atoms with Gasteiger partial charge in [-0.05, 0) is 59.9 Å². The van der Waals surface area contributed by atoms with Crippen LogP contribution in [0, 0.1) is 47.5 Å². The Labute approximate surface area is 287 Å². The summed E-state index contributed by atoms with van der Waals surface area (Å²) in [5, 5.41) is 9.52. The fourth-order valence-corrected chi connectivity index (χ4v) is 9.41. The van der Waals surface area contributed by atoms with Crippen molar-refractivity contribution in [1.82, 2.24) is 0 Å². The number of nitrogens with zero attached hydrogens (tertiary/aromatic N) is 3. The Morgan fingerprint density at radius 1 is 1.21 bits per heavy atom. The molecule has 5 heterocycles. The number of fused-ring (bicyclic) bond motifs is 4. The molecule has 0 spiro atoms. The van der Waals surface area contributed by atoms with Crippen LogP contribution in [0.1, 0.15) is 112 Å². The van der Waals surface area contributed by atoms with Crippen molar-refractivity contribution in [3.63, 3.8) is 0 Å². The predicted molar refractivity (Wildman–Crippen MR) is 178 cm³/mol. The Kier molecular flexibility index (Phi) is 9.00. The van der Waals surface area contributed by atoms with Gasteiger partial charge in [-0.2, -0.15) is 11.6 Å². The maximum Gasteiger partial charge on any atom is 0.171 e. The molecule has 0 bridgehead atoms. The molecule has 0 N–H and O–H groups in total. The van der Waals surface area contributed by atoms with E-state index in [0.717, 1.165) is 49.5 Å². The van der Waals surface area contributed by atoms with Crippen molar-refractivity contribution >= 4 is 17.5 Å². The minimum atomic E-state index is -2.15. The van der Waals surface area contributed by atoms with Gasteiger partial charge in [-0.25, -0.2) is 12.0 Å². The second-order valence-electron chi connectivity index (χ2n) is 14.4. The van der Waals surface area contributed by atoms with E-state index < -0.39 is 24.9 Å². The first kappa shape index (κ1) is 27.2. The van der Waals surface area contributed by atoms with Gasteiger partial charge in [0.05, 0.1) is 0 Å². The number of thioether (sulfide) groups is 1. The molecule has 43 heavy (non-hydrogen) atoms. The first-order valence-electron chi connectivity index (χ1n) is 19.0. The van der Waals surface area contributed by atoms with Gasteiger partial charge in [-0.3, -0.25) is 11.1 Å². The van der Waals surface area contributed by atoms with Gasteiger partial charge in [0, 0.05) is 43.8 Å². The van der Waals surface area contributed by atoms with Crippen molar-refractivity contribution in [3.05, 3.63) is 62.8 Å². The van der Waals surface area contributed by atoms with Gasteiger partial charge in [0.25, 0.3) is 0 Å². The number of ether oxygens (including phenoxy) is 1. The second-order valence-corrected chi connectivity index (χ2v) is 15.6. The molecule has 0 amide bonds. The number of rotatable bonds is 3. The zero-order valence-corrected chi connectivity index (χ0v) is 29.8. The summed E-state index contributed by atoms with van der Waals surface area (Å²) in [6.07, 6.45) is 18.0. The zero-order valence-electron chi connectivity index (χ0n) is 31.6. The average molecular weight is 785 g/mol. The molecule has 0 aromatic carbocycles. The van der Waals surface area contributed by atoms with Crippen molar-refractivity contribution in [1.29, 1.82) is 0 Å². The second kappa shape index (κ2) is 14.2. The average Bonchev–Trinajstić information content (AvgIpc) is 3.59. The molecule has 2 fully saturated rings. The Hall–Kier alpha value is -0.941. The summed E-state index contributed by atoms with van der Waals surface area (Å²) >= 11 is 1.72. The molecule has 5 aliphatic heterocycles. The fourth-order valence-electron chi connectivity index (χ4n) is 7.65. The van der Waals surface area contributed by atoms with Crippen LogP contribution in [-0.4, -0.2) is 36.3 Å². The summed E-state index contributed by atoms with van der Waals surface area (Å²) < 4.78 is 47.6. The molecule has 0 aromatic heterocycles. The predicted octanol–water partition coefficient (Wildman–Crippen LogP) is 10.1. The number of hydrogen-bond donors (Lipinski definition) is 0. The van der Waals surface area contributed by atoms with Crippen LogP contribution in [0.25, 0.3) is 10.6 Å². The van der Waals surface area contributed by atoms with E-state index in [1.807, 2.05) is 20.8 Å². The topological polar surface area (TPSA) is 49.8 Å². The Balaban J connectivity index is 0.000000270.